The molecule has 0 aliphatic carbocycles. The lowest BCUT2D eigenvalue weighted by atomic mass is 9.33. The standard InChI is InChI=1S/C96H82BN5/c1-93(2,3)69-51-67(52-70(57-69)94(4,5)6)65-47-49-81-85(55-65)101(88-73(61-31-17-13-18-32-61)41-29-42-74(88)62-33-19-14-20-34-62)91-79(59-98)90(100-83-45-27-25-39-77(83)78-40-26-28-46-84(78)100)80(60-99)92-87(91)97(81)82-50-48-66(68-53-71(95(7,8)9)58-72(54-68)96(10,11)12)56-86(82)102(92)89-75(63-35-21-15-22-36-63)43-30-44-76(89)64-37-23-16-24-38-64/h13-58H,1-12H3. The molecule has 0 fully saturated rings. The van der Waals surface area contributed by atoms with E-state index in [-0.39, 0.29) is 21.7 Å². The van der Waals surface area contributed by atoms with Gasteiger partial charge >= 0.3 is 0 Å². The molecular weight excluding hydrogens is 1230 g/mol. The van der Waals surface area contributed by atoms with E-state index in [1.807, 2.05) is 0 Å². The number of anilines is 6. The second-order valence-electron chi connectivity index (χ2n) is 31.9. The van der Waals surface area contributed by atoms with Gasteiger partial charge in [0, 0.05) is 44.4 Å². The van der Waals surface area contributed by atoms with Crippen LogP contribution in [0, 0.1) is 22.7 Å². The topological polar surface area (TPSA) is 59.0 Å². The van der Waals surface area contributed by atoms with Gasteiger partial charge in [0.25, 0.3) is 6.71 Å². The maximum atomic E-state index is 13.2. The molecule has 1 aromatic heterocycles. The molecule has 2 aliphatic rings. The van der Waals surface area contributed by atoms with Gasteiger partial charge in [0.1, 0.15) is 23.3 Å². The summed E-state index contributed by atoms with van der Waals surface area (Å²) in [5.74, 6) is 0. The van der Waals surface area contributed by atoms with Gasteiger partial charge in [-0.05, 0) is 129 Å². The first-order valence-corrected chi connectivity index (χ1v) is 35.8. The number of aromatic nitrogens is 1. The summed E-state index contributed by atoms with van der Waals surface area (Å²) in [5.41, 5.74) is 27.9. The predicted octanol–water partition coefficient (Wildman–Crippen LogP) is 23.8. The fraction of sp³-hybridized carbons (Fsp3) is 0.167. The molecule has 0 N–H and O–H groups in total. The Morgan fingerprint density at radius 3 is 0.882 bits per heavy atom. The molecule has 0 spiro atoms. The van der Waals surface area contributed by atoms with Crippen molar-refractivity contribution in [2.75, 3.05) is 9.80 Å². The van der Waals surface area contributed by atoms with Crippen LogP contribution < -0.4 is 26.2 Å². The molecule has 0 radical (unpaired) electrons. The molecule has 494 valence electrons. The lowest BCUT2D eigenvalue weighted by Gasteiger charge is -2.47. The molecule has 0 saturated carbocycles. The highest BCUT2D eigenvalue weighted by molar-refractivity contribution is 7.00. The Balaban J connectivity index is 1.16. The zero-order valence-corrected chi connectivity index (χ0v) is 60.4. The van der Waals surface area contributed by atoms with Gasteiger partial charge in [0.05, 0.1) is 39.5 Å². The van der Waals surface area contributed by atoms with E-state index in [9.17, 15) is 10.5 Å². The summed E-state index contributed by atoms with van der Waals surface area (Å²) in [4.78, 5) is 4.94. The monoisotopic (exact) mass is 1320 g/mol. The number of fused-ring (bicyclic) bond motifs is 7. The van der Waals surface area contributed by atoms with Crippen molar-refractivity contribution in [3.63, 3.8) is 0 Å². The third-order valence-corrected chi connectivity index (χ3v) is 21.2. The molecule has 102 heavy (non-hydrogen) atoms. The van der Waals surface area contributed by atoms with Crippen molar-refractivity contribution in [3.05, 3.63) is 312 Å². The van der Waals surface area contributed by atoms with Gasteiger partial charge in [0.15, 0.2) is 0 Å². The Morgan fingerprint density at radius 1 is 0.275 bits per heavy atom. The molecule has 2 aliphatic heterocycles. The molecule has 0 bridgehead atoms. The fourth-order valence-corrected chi connectivity index (χ4v) is 15.9. The van der Waals surface area contributed by atoms with Crippen molar-refractivity contribution < 1.29 is 0 Å². The molecule has 16 rings (SSSR count). The van der Waals surface area contributed by atoms with Gasteiger partial charge in [-0.1, -0.05) is 338 Å². The average Bonchev–Trinajstić information content (AvgIpc) is 0.859. The minimum absolute atomic E-state index is 0.160. The zero-order valence-electron chi connectivity index (χ0n) is 60.4. The zero-order chi connectivity index (χ0) is 70.7. The van der Waals surface area contributed by atoms with Crippen LogP contribution in [0.25, 0.3) is 94.3 Å². The lowest BCUT2D eigenvalue weighted by Crippen LogP contribution is -2.62. The number of hydrogen-bond donors (Lipinski definition) is 0. The van der Waals surface area contributed by atoms with E-state index >= 15 is 0 Å². The molecule has 13 aromatic carbocycles. The van der Waals surface area contributed by atoms with Gasteiger partial charge in [0.2, 0.25) is 0 Å². The van der Waals surface area contributed by atoms with Crippen LogP contribution in [-0.2, 0) is 21.7 Å². The van der Waals surface area contributed by atoms with Crippen LogP contribution in [0.5, 0.6) is 0 Å². The van der Waals surface area contributed by atoms with Gasteiger partial charge < -0.3 is 14.4 Å². The van der Waals surface area contributed by atoms with Crippen molar-refractivity contribution in [3.8, 4) is 84.6 Å². The summed E-state index contributed by atoms with van der Waals surface area (Å²) >= 11 is 0. The van der Waals surface area contributed by atoms with E-state index in [0.29, 0.717) is 28.2 Å². The summed E-state index contributed by atoms with van der Waals surface area (Å²) in [7, 11) is 0. The molecule has 0 amide bonds. The third kappa shape index (κ3) is 10.9. The summed E-state index contributed by atoms with van der Waals surface area (Å²) in [5, 5.41) is 28.5. The van der Waals surface area contributed by atoms with Gasteiger partial charge in [-0.2, -0.15) is 10.5 Å². The summed E-state index contributed by atoms with van der Waals surface area (Å²) in [6, 6.07) is 108. The van der Waals surface area contributed by atoms with Crippen LogP contribution in [0.15, 0.2) is 279 Å². The number of hydrogen-bond acceptors (Lipinski definition) is 4. The molecule has 0 saturated heterocycles. The van der Waals surface area contributed by atoms with E-state index in [0.717, 1.165) is 128 Å². The van der Waals surface area contributed by atoms with Crippen LogP contribution in [0.3, 0.4) is 0 Å². The van der Waals surface area contributed by atoms with E-state index < -0.39 is 6.71 Å². The molecule has 0 unspecified atom stereocenters. The molecular formula is C96H82BN5. The largest absolute Gasteiger partial charge is 0.309 e. The average molecular weight is 1320 g/mol. The minimum atomic E-state index is -0.535. The normalized spacial score (nSPS) is 12.8. The Kier molecular flexibility index (Phi) is 15.7. The van der Waals surface area contributed by atoms with Gasteiger partial charge in [-0.15, -0.1) is 0 Å². The quantitative estimate of drug-likeness (QED) is 0.135. The third-order valence-electron chi connectivity index (χ3n) is 21.2. The van der Waals surface area contributed by atoms with E-state index in [2.05, 4.69) is 389 Å². The van der Waals surface area contributed by atoms with Crippen molar-refractivity contribution in [1.29, 1.82) is 10.5 Å². The van der Waals surface area contributed by atoms with Crippen LogP contribution in [0.4, 0.5) is 34.1 Å². The van der Waals surface area contributed by atoms with Crippen LogP contribution >= 0.6 is 0 Å². The first kappa shape index (κ1) is 64.9. The van der Waals surface area contributed by atoms with Crippen LogP contribution in [0.2, 0.25) is 0 Å². The number of rotatable bonds is 9. The molecule has 14 aromatic rings. The Hall–Kier alpha value is -11.7. The SMILES string of the molecule is CC(C)(C)c1cc(-c2ccc3c(c2)N(c2c(-c4ccccc4)cccc2-c2ccccc2)c2c(C#N)c(-n4c5ccccc5c5ccccc54)c(C#N)c4c2B3c2ccc(-c3cc(C(C)(C)C)cc(C(C)(C)C)c3)cc2N4c2c(-c3ccccc3)cccc2-c2ccccc2)cc(C(C)(C)C)c1. The molecule has 3 heterocycles. The Labute approximate surface area is 602 Å². The van der Waals surface area contributed by atoms with Crippen molar-refractivity contribution in [1.82, 2.24) is 4.57 Å². The first-order valence-electron chi connectivity index (χ1n) is 35.8. The molecule has 6 heteroatoms. The van der Waals surface area contributed by atoms with E-state index in [1.54, 1.807) is 0 Å². The van der Waals surface area contributed by atoms with Crippen LogP contribution in [0.1, 0.15) is 116 Å². The fourth-order valence-electron chi connectivity index (χ4n) is 15.9. The Morgan fingerprint density at radius 2 is 0.578 bits per heavy atom. The lowest BCUT2D eigenvalue weighted by molar-refractivity contribution is 0.568. The second kappa shape index (κ2) is 24.6. The maximum Gasteiger partial charge on any atom is 0.252 e. The van der Waals surface area contributed by atoms with Gasteiger partial charge in [-0.3, -0.25) is 0 Å². The summed E-state index contributed by atoms with van der Waals surface area (Å²) in [6.07, 6.45) is 0. The number of benzene rings is 13. The number of nitrogens with zero attached hydrogens (tertiary/aromatic N) is 5. The van der Waals surface area contributed by atoms with Gasteiger partial charge in [-0.25, -0.2) is 0 Å². The van der Waals surface area contributed by atoms with Crippen LogP contribution in [-0.4, -0.2) is 11.3 Å². The van der Waals surface area contributed by atoms with Crippen molar-refractivity contribution >= 4 is 79.0 Å². The smallest absolute Gasteiger partial charge is 0.252 e. The first-order chi connectivity index (χ1) is 49.1. The minimum Gasteiger partial charge on any atom is -0.309 e. The maximum absolute atomic E-state index is 13.2. The van der Waals surface area contributed by atoms with E-state index in [4.69, 9.17) is 0 Å². The Bertz CT molecular complexity index is 5230. The molecule has 5 nitrogen and oxygen atoms in total. The second-order valence-corrected chi connectivity index (χ2v) is 31.9. The van der Waals surface area contributed by atoms with Crippen molar-refractivity contribution in [2.45, 2.75) is 105 Å². The van der Waals surface area contributed by atoms with Crippen molar-refractivity contribution in [2.24, 2.45) is 0 Å². The summed E-state index contributed by atoms with van der Waals surface area (Å²) < 4.78 is 2.24. The summed E-state index contributed by atoms with van der Waals surface area (Å²) in [6.45, 7) is 27.2. The molecule has 0 atom stereocenters. The number of nitriles is 2. The highest BCUT2D eigenvalue weighted by Gasteiger charge is 2.49. The number of para-hydroxylation sites is 4. The highest BCUT2D eigenvalue weighted by Crippen LogP contribution is 2.57. The highest BCUT2D eigenvalue weighted by atomic mass is 15.2. The predicted molar refractivity (Wildman–Crippen MR) is 432 cm³/mol. The van der Waals surface area contributed by atoms with E-state index in [1.165, 1.54) is 22.3 Å².